The number of aryl methyl sites for hydroxylation is 1. The van der Waals surface area contributed by atoms with Crippen LogP contribution in [0.5, 0.6) is 0 Å². The quantitative estimate of drug-likeness (QED) is 0.724. The van der Waals surface area contributed by atoms with Gasteiger partial charge < -0.3 is 10.3 Å². The zero-order valence-electron chi connectivity index (χ0n) is 14.1. The largest absolute Gasteiger partial charge is 0.350 e. The van der Waals surface area contributed by atoms with Gasteiger partial charge in [0.15, 0.2) is 0 Å². The van der Waals surface area contributed by atoms with Gasteiger partial charge in [0, 0.05) is 41.5 Å². The Morgan fingerprint density at radius 3 is 2.65 bits per heavy atom. The van der Waals surface area contributed by atoms with Gasteiger partial charge in [0.2, 0.25) is 0 Å². The van der Waals surface area contributed by atoms with Gasteiger partial charge in [-0.05, 0) is 42.8 Å². The maximum Gasteiger partial charge on any atom is 0.270 e. The van der Waals surface area contributed by atoms with Gasteiger partial charge in [-0.1, -0.05) is 17.7 Å². The molecule has 0 aliphatic carbocycles. The lowest BCUT2D eigenvalue weighted by molar-refractivity contribution is 0.0949. The van der Waals surface area contributed by atoms with Crippen molar-refractivity contribution in [3.63, 3.8) is 0 Å². The standard InChI is InChI=1S/C19H17ClN4O2/c1-12-2-7-15(22-11-12)8-9-21-19(26)16-10-17(25)24-18(23-16)13-3-5-14(20)6-4-13/h2-7,10-11H,8-9H2,1H3,(H,21,26)(H,23,24,25). The number of hydrogen-bond acceptors (Lipinski definition) is 4. The minimum absolute atomic E-state index is 0.0653. The second-order valence-corrected chi connectivity index (χ2v) is 6.26. The highest BCUT2D eigenvalue weighted by atomic mass is 35.5. The third-order valence-electron chi connectivity index (χ3n) is 3.73. The van der Waals surface area contributed by atoms with E-state index in [1.54, 1.807) is 30.5 Å². The minimum atomic E-state index is -0.404. The van der Waals surface area contributed by atoms with Crippen LogP contribution in [0.2, 0.25) is 5.02 Å². The van der Waals surface area contributed by atoms with Crippen LogP contribution in [-0.4, -0.2) is 27.4 Å². The summed E-state index contributed by atoms with van der Waals surface area (Å²) in [6, 6.07) is 11.9. The molecule has 0 aliphatic rings. The fraction of sp³-hybridized carbons (Fsp3) is 0.158. The van der Waals surface area contributed by atoms with Crippen molar-refractivity contribution in [3.8, 4) is 11.4 Å². The summed E-state index contributed by atoms with van der Waals surface area (Å²) in [5.74, 6) is -0.0852. The summed E-state index contributed by atoms with van der Waals surface area (Å²) in [4.78, 5) is 35.3. The van der Waals surface area contributed by atoms with E-state index in [9.17, 15) is 9.59 Å². The zero-order valence-corrected chi connectivity index (χ0v) is 14.9. The smallest absolute Gasteiger partial charge is 0.270 e. The number of nitrogens with zero attached hydrogens (tertiary/aromatic N) is 2. The van der Waals surface area contributed by atoms with Crippen molar-refractivity contribution in [2.24, 2.45) is 0 Å². The number of carbonyl (C=O) groups excluding carboxylic acids is 1. The molecular weight excluding hydrogens is 352 g/mol. The average molecular weight is 369 g/mol. The first-order valence-electron chi connectivity index (χ1n) is 8.08. The Labute approximate surface area is 155 Å². The highest BCUT2D eigenvalue weighted by molar-refractivity contribution is 6.30. The molecule has 2 N–H and O–H groups in total. The van der Waals surface area contributed by atoms with Crippen LogP contribution in [0.1, 0.15) is 21.7 Å². The van der Waals surface area contributed by atoms with Crippen LogP contribution < -0.4 is 10.9 Å². The predicted molar refractivity (Wildman–Crippen MR) is 100 cm³/mol. The summed E-state index contributed by atoms with van der Waals surface area (Å²) in [5.41, 5.74) is 2.31. The number of amides is 1. The molecule has 7 heteroatoms. The van der Waals surface area contributed by atoms with E-state index in [1.807, 2.05) is 19.1 Å². The summed E-state index contributed by atoms with van der Waals surface area (Å²) in [6.45, 7) is 2.37. The summed E-state index contributed by atoms with van der Waals surface area (Å²) in [7, 11) is 0. The van der Waals surface area contributed by atoms with Crippen LogP contribution >= 0.6 is 11.6 Å². The molecule has 0 radical (unpaired) electrons. The molecule has 0 atom stereocenters. The Morgan fingerprint density at radius 2 is 1.96 bits per heavy atom. The monoisotopic (exact) mass is 368 g/mol. The Balaban J connectivity index is 1.70. The Morgan fingerprint density at radius 1 is 1.19 bits per heavy atom. The topological polar surface area (TPSA) is 87.7 Å². The van der Waals surface area contributed by atoms with E-state index in [1.165, 1.54) is 6.07 Å². The third-order valence-corrected chi connectivity index (χ3v) is 3.98. The Hall–Kier alpha value is -2.99. The van der Waals surface area contributed by atoms with Crippen molar-refractivity contribution in [3.05, 3.63) is 81.0 Å². The molecule has 3 aromatic rings. The lowest BCUT2D eigenvalue weighted by Gasteiger charge is -2.06. The van der Waals surface area contributed by atoms with Crippen LogP contribution in [0.15, 0.2) is 53.5 Å². The highest BCUT2D eigenvalue weighted by Crippen LogP contribution is 2.17. The van der Waals surface area contributed by atoms with E-state index in [4.69, 9.17) is 11.6 Å². The fourth-order valence-electron chi connectivity index (χ4n) is 2.36. The third kappa shape index (κ3) is 4.55. The van der Waals surface area contributed by atoms with Gasteiger partial charge in [-0.3, -0.25) is 14.6 Å². The van der Waals surface area contributed by atoms with Crippen molar-refractivity contribution in [2.75, 3.05) is 6.54 Å². The summed E-state index contributed by atoms with van der Waals surface area (Å²) >= 11 is 5.87. The van der Waals surface area contributed by atoms with Gasteiger partial charge >= 0.3 is 0 Å². The van der Waals surface area contributed by atoms with Gasteiger partial charge in [-0.15, -0.1) is 0 Å². The first kappa shape index (κ1) is 17.8. The molecule has 0 fully saturated rings. The summed E-state index contributed by atoms with van der Waals surface area (Å²) in [6.07, 6.45) is 2.38. The molecule has 0 aliphatic heterocycles. The highest BCUT2D eigenvalue weighted by Gasteiger charge is 2.11. The molecule has 6 nitrogen and oxygen atoms in total. The second kappa shape index (κ2) is 7.93. The van der Waals surface area contributed by atoms with Gasteiger partial charge in [-0.2, -0.15) is 0 Å². The van der Waals surface area contributed by atoms with Gasteiger partial charge in [0.25, 0.3) is 11.5 Å². The second-order valence-electron chi connectivity index (χ2n) is 5.82. The number of H-pyrrole nitrogens is 1. The SMILES string of the molecule is Cc1ccc(CCNC(=O)c2cc(=O)[nH]c(-c3ccc(Cl)cc3)n2)nc1. The number of rotatable bonds is 5. The van der Waals surface area contributed by atoms with Crippen LogP contribution in [0, 0.1) is 6.92 Å². The molecule has 1 aromatic carbocycles. The molecule has 0 bridgehead atoms. The molecule has 3 rings (SSSR count). The molecule has 1 amide bonds. The van der Waals surface area contributed by atoms with E-state index in [2.05, 4.69) is 20.3 Å². The van der Waals surface area contributed by atoms with Crippen molar-refractivity contribution >= 4 is 17.5 Å². The molecular formula is C19H17ClN4O2. The molecule has 2 heterocycles. The normalized spacial score (nSPS) is 10.5. The van der Waals surface area contributed by atoms with Crippen molar-refractivity contribution < 1.29 is 4.79 Å². The van der Waals surface area contributed by atoms with Crippen LogP contribution in [-0.2, 0) is 6.42 Å². The summed E-state index contributed by atoms with van der Waals surface area (Å²) < 4.78 is 0. The zero-order chi connectivity index (χ0) is 18.5. The molecule has 0 unspecified atom stereocenters. The van der Waals surface area contributed by atoms with Crippen molar-refractivity contribution in [2.45, 2.75) is 13.3 Å². The number of hydrogen-bond donors (Lipinski definition) is 2. The molecule has 0 saturated heterocycles. The molecule has 0 spiro atoms. The Bertz CT molecular complexity index is 966. The van der Waals surface area contributed by atoms with Crippen LogP contribution in [0.25, 0.3) is 11.4 Å². The van der Waals surface area contributed by atoms with Gasteiger partial charge in [0.1, 0.15) is 11.5 Å². The first-order chi connectivity index (χ1) is 12.5. The van der Waals surface area contributed by atoms with Crippen LogP contribution in [0.3, 0.4) is 0 Å². The Kier molecular flexibility index (Phi) is 5.43. The maximum atomic E-state index is 12.3. The molecule has 132 valence electrons. The van der Waals surface area contributed by atoms with Gasteiger partial charge in [-0.25, -0.2) is 4.98 Å². The predicted octanol–water partition coefficient (Wildman–Crippen LogP) is 2.77. The van der Waals surface area contributed by atoms with E-state index in [-0.39, 0.29) is 5.69 Å². The molecule has 26 heavy (non-hydrogen) atoms. The lowest BCUT2D eigenvalue weighted by atomic mass is 10.2. The lowest BCUT2D eigenvalue weighted by Crippen LogP contribution is -2.28. The van der Waals surface area contributed by atoms with Crippen molar-refractivity contribution in [1.82, 2.24) is 20.3 Å². The number of halogens is 1. The van der Waals surface area contributed by atoms with Gasteiger partial charge in [0.05, 0.1) is 0 Å². The average Bonchev–Trinajstić information content (AvgIpc) is 2.63. The van der Waals surface area contributed by atoms with E-state index in [0.29, 0.717) is 29.4 Å². The number of aromatic amines is 1. The maximum absolute atomic E-state index is 12.3. The number of aromatic nitrogens is 3. The van der Waals surface area contributed by atoms with Crippen LogP contribution in [0.4, 0.5) is 0 Å². The summed E-state index contributed by atoms with van der Waals surface area (Å²) in [5, 5.41) is 3.34. The number of benzene rings is 1. The van der Waals surface area contributed by atoms with E-state index >= 15 is 0 Å². The molecule has 2 aromatic heterocycles. The number of carbonyl (C=O) groups is 1. The minimum Gasteiger partial charge on any atom is -0.350 e. The van der Waals surface area contributed by atoms with Crippen molar-refractivity contribution in [1.29, 1.82) is 0 Å². The molecule has 0 saturated carbocycles. The number of pyridine rings is 1. The number of nitrogens with one attached hydrogen (secondary N) is 2. The first-order valence-corrected chi connectivity index (χ1v) is 8.46. The van der Waals surface area contributed by atoms with E-state index < -0.39 is 11.5 Å². The van der Waals surface area contributed by atoms with E-state index in [0.717, 1.165) is 11.3 Å². The fourth-order valence-corrected chi connectivity index (χ4v) is 2.49.